The van der Waals surface area contributed by atoms with Gasteiger partial charge in [-0.25, -0.2) is 0 Å². The van der Waals surface area contributed by atoms with Gasteiger partial charge in [0.25, 0.3) is 5.91 Å². The molecule has 1 aromatic heterocycles. The van der Waals surface area contributed by atoms with Crippen LogP contribution in [0.2, 0.25) is 0 Å². The lowest BCUT2D eigenvalue weighted by Gasteiger charge is -2.35. The van der Waals surface area contributed by atoms with Crippen LogP contribution in [-0.2, 0) is 52.7 Å². The lowest BCUT2D eigenvalue weighted by molar-refractivity contribution is -0.163. The number of hydrogen-bond donors (Lipinski definition) is 3. The minimum atomic E-state index is -5.59. The number of likely N-dealkylation sites (tertiary alicyclic amines) is 1. The van der Waals surface area contributed by atoms with Crippen LogP contribution < -0.4 is 10.6 Å². The monoisotopic (exact) mass is 882 g/mol. The molecule has 0 unspecified atom stereocenters. The second kappa shape index (κ2) is 17.0. The van der Waals surface area contributed by atoms with Crippen LogP contribution in [0.15, 0.2) is 24.3 Å². The maximum atomic E-state index is 16.3. The molecule has 0 bridgehead atoms. The van der Waals surface area contributed by atoms with Gasteiger partial charge >= 0.3 is 25.2 Å². The van der Waals surface area contributed by atoms with E-state index in [2.05, 4.69) is 10.6 Å². The van der Waals surface area contributed by atoms with Gasteiger partial charge in [-0.1, -0.05) is 6.07 Å². The minimum Gasteiger partial charge on any atom is -0.438 e. The number of nitrogens with one attached hydrogen (secondary N) is 2. The number of rotatable bonds is 12. The zero-order valence-corrected chi connectivity index (χ0v) is 36.4. The van der Waals surface area contributed by atoms with Crippen LogP contribution in [0.5, 0.6) is 0 Å². The van der Waals surface area contributed by atoms with Gasteiger partial charge in [-0.05, 0) is 109 Å². The van der Waals surface area contributed by atoms with Gasteiger partial charge in [0.05, 0.1) is 27.9 Å². The summed E-state index contributed by atoms with van der Waals surface area (Å²) in [5.74, 6) is -2.81. The first-order valence-electron chi connectivity index (χ1n) is 19.9. The van der Waals surface area contributed by atoms with Gasteiger partial charge in [0.15, 0.2) is 0 Å². The first-order valence-corrected chi connectivity index (χ1v) is 22.3. The van der Waals surface area contributed by atoms with Crippen molar-refractivity contribution in [1.29, 1.82) is 0 Å². The van der Waals surface area contributed by atoms with E-state index in [4.69, 9.17) is 18.5 Å². The molecular formula is C40H53F2N4O12PS. The number of β-amino-alcohol motifs (C(OH)–C–C–N with tert-alkyl or cyclic N) is 1. The number of halogens is 2. The zero-order valence-electron chi connectivity index (χ0n) is 34.7. The zero-order chi connectivity index (χ0) is 44.1. The molecule has 16 nitrogen and oxygen atoms in total. The maximum Gasteiger partial charge on any atom is 0.410 e. The highest BCUT2D eigenvalue weighted by Crippen LogP contribution is 2.67. The molecule has 4 aliphatic rings. The van der Waals surface area contributed by atoms with Crippen molar-refractivity contribution >= 4 is 64.6 Å². The fourth-order valence-corrected chi connectivity index (χ4v) is 9.96. The van der Waals surface area contributed by atoms with Gasteiger partial charge < -0.3 is 35.0 Å². The summed E-state index contributed by atoms with van der Waals surface area (Å²) in [6, 6.07) is 1.94. The van der Waals surface area contributed by atoms with Crippen molar-refractivity contribution in [1.82, 2.24) is 20.4 Å². The van der Waals surface area contributed by atoms with E-state index < -0.39 is 97.1 Å². The van der Waals surface area contributed by atoms with Gasteiger partial charge in [-0.2, -0.15) is 8.78 Å². The van der Waals surface area contributed by atoms with Crippen LogP contribution in [-0.4, -0.2) is 107 Å². The lowest BCUT2D eigenvalue weighted by atomic mass is 9.98. The number of carbonyl (C=O) groups is 6. The molecule has 1 saturated carbocycles. The van der Waals surface area contributed by atoms with E-state index in [1.165, 1.54) is 65.5 Å². The third-order valence-electron chi connectivity index (χ3n) is 11.4. The number of thiophene rings is 1. The van der Waals surface area contributed by atoms with E-state index in [-0.39, 0.29) is 41.2 Å². The molecule has 3 aliphatic heterocycles. The second-order valence-corrected chi connectivity index (χ2v) is 21.3. The van der Waals surface area contributed by atoms with Gasteiger partial charge in [-0.3, -0.25) is 42.4 Å². The Labute approximate surface area is 350 Å². The average molecular weight is 883 g/mol. The maximum absolute atomic E-state index is 16.3. The normalized spacial score (nSPS) is 25.8. The molecule has 1 aromatic carbocycles. The summed E-state index contributed by atoms with van der Waals surface area (Å²) >= 11 is 0.982. The third-order valence-corrected chi connectivity index (χ3v) is 14.3. The molecule has 4 heterocycles. The summed E-state index contributed by atoms with van der Waals surface area (Å²) in [5.41, 5.74) is -7.27. The second-order valence-electron chi connectivity index (χ2n) is 18.1. The molecule has 20 heteroatoms. The topological polar surface area (TPSA) is 207 Å². The number of amides is 4. The van der Waals surface area contributed by atoms with Crippen molar-refractivity contribution < 1.29 is 65.7 Å². The van der Waals surface area contributed by atoms with Crippen LogP contribution in [0.4, 0.5) is 8.78 Å². The van der Waals surface area contributed by atoms with E-state index in [1.54, 1.807) is 4.90 Å². The van der Waals surface area contributed by atoms with Gasteiger partial charge in [0.2, 0.25) is 31.3 Å². The predicted molar refractivity (Wildman–Crippen MR) is 212 cm³/mol. The number of esters is 2. The summed E-state index contributed by atoms with van der Waals surface area (Å²) in [7, 11) is -5.59. The largest absolute Gasteiger partial charge is 0.438 e. The number of nitrogens with zero attached hydrogens (tertiary/aromatic N) is 2. The van der Waals surface area contributed by atoms with E-state index in [9.17, 15) is 38.4 Å². The highest BCUT2D eigenvalue weighted by Gasteiger charge is 2.56. The van der Waals surface area contributed by atoms with E-state index in [0.29, 0.717) is 29.9 Å². The van der Waals surface area contributed by atoms with Gasteiger partial charge in [0.1, 0.15) is 12.1 Å². The first-order chi connectivity index (χ1) is 27.9. The van der Waals surface area contributed by atoms with Crippen LogP contribution in [0.1, 0.15) is 95.8 Å². The highest BCUT2D eigenvalue weighted by atomic mass is 32.1. The summed E-state index contributed by atoms with van der Waals surface area (Å²) in [6.07, 6.45) is 2.01. The molecule has 0 radical (unpaired) electrons. The fourth-order valence-electron chi connectivity index (χ4n) is 7.77. The molecule has 3 N–H and O–H groups in total. The van der Waals surface area contributed by atoms with Crippen molar-refractivity contribution in [3.63, 3.8) is 0 Å². The number of aliphatic hydroxyl groups excluding tert-OH is 1. The van der Waals surface area contributed by atoms with Crippen molar-refractivity contribution in [2.45, 2.75) is 117 Å². The van der Waals surface area contributed by atoms with E-state index >= 15 is 8.78 Å². The highest BCUT2D eigenvalue weighted by molar-refractivity contribution is 7.54. The van der Waals surface area contributed by atoms with Gasteiger partial charge in [-0.15, -0.1) is 11.3 Å². The smallest absolute Gasteiger partial charge is 0.410 e. The quantitative estimate of drug-likeness (QED) is 0.148. The van der Waals surface area contributed by atoms with Crippen LogP contribution in [0, 0.1) is 22.7 Å². The molecule has 60 heavy (non-hydrogen) atoms. The summed E-state index contributed by atoms with van der Waals surface area (Å²) in [4.78, 5) is 81.2. The first kappa shape index (κ1) is 45.5. The van der Waals surface area contributed by atoms with Crippen molar-refractivity contribution in [3.05, 3.63) is 34.7 Å². The Hall–Kier alpha value is -4.03. The summed E-state index contributed by atoms with van der Waals surface area (Å²) in [6.45, 7) is 8.41. The van der Waals surface area contributed by atoms with Crippen LogP contribution in [0.25, 0.3) is 10.1 Å². The Morgan fingerprint density at radius 3 is 2.08 bits per heavy atom. The number of hydrogen-bond acceptors (Lipinski definition) is 13. The minimum absolute atomic E-state index is 0.0887. The molecule has 0 spiro atoms. The molecule has 1 aliphatic carbocycles. The third kappa shape index (κ3) is 9.70. The standard InChI is InChI=1S/C40H53F2N4O12PS/c1-21(47)45-17-28(30(48)18-45)44-33(49)29-10-9-26-14-22-12-23(22)15-27(35(51)46(26)29)43-34(50)32-16-24-13-25(8-11-31(24)60-32)40(41,42)59(54,57-19-55-36(52)38(2,3)4)58-20-56-37(53)39(5,6)7/h8,11,13,16,22-23,26-30,48H,9-10,12,14-15,17-20H2,1-7H3,(H,43,50)(H,44,49)/t22-,23+,26-,27+,28+,29+,30+/m1/s1. The average Bonchev–Trinajstić information content (AvgIpc) is 3.44. The molecule has 4 fully saturated rings. The Bertz CT molecular complexity index is 2050. The summed E-state index contributed by atoms with van der Waals surface area (Å²) < 4.78 is 66.6. The molecule has 6 rings (SSSR count). The SMILES string of the molecule is CC(=O)N1C[C@H](NC(=O)[C@@H]2CC[C@@H]3C[C@H]4C[C@H]4C[C@H](NC(=O)c4cc5cc(C(F)(F)P(=O)(OCOC(=O)C(C)(C)C)OCOC(=O)C(C)(C)C)ccc5s4)C(=O)N32)[C@@H](O)C1. The Kier molecular flexibility index (Phi) is 12.9. The molecule has 7 atom stereocenters. The van der Waals surface area contributed by atoms with Crippen molar-refractivity contribution in [2.75, 3.05) is 26.7 Å². The lowest BCUT2D eigenvalue weighted by Crippen LogP contribution is -2.58. The fraction of sp³-hybridized carbons (Fsp3) is 0.650. The van der Waals surface area contributed by atoms with E-state index in [0.717, 1.165) is 36.3 Å². The number of aliphatic hydroxyl groups is 1. The Morgan fingerprint density at radius 1 is 0.883 bits per heavy atom. The number of fused-ring (bicyclic) bond motifs is 3. The predicted octanol–water partition coefficient (Wildman–Crippen LogP) is 4.87. The number of ether oxygens (including phenoxy) is 2. The molecular weight excluding hydrogens is 829 g/mol. The molecule has 3 saturated heterocycles. The van der Waals surface area contributed by atoms with Crippen LogP contribution >= 0.6 is 18.9 Å². The Balaban J connectivity index is 1.18. The van der Waals surface area contributed by atoms with Crippen molar-refractivity contribution in [2.24, 2.45) is 22.7 Å². The van der Waals surface area contributed by atoms with E-state index in [1.807, 2.05) is 0 Å². The number of benzene rings is 1. The molecule has 2 aromatic rings. The van der Waals surface area contributed by atoms with Crippen molar-refractivity contribution in [3.8, 4) is 0 Å². The number of carbonyl (C=O) groups excluding carboxylic acids is 6. The van der Waals surface area contributed by atoms with Crippen LogP contribution in [0.3, 0.4) is 0 Å². The summed E-state index contributed by atoms with van der Waals surface area (Å²) in [5, 5.41) is 16.4. The Morgan fingerprint density at radius 2 is 1.50 bits per heavy atom. The number of alkyl halides is 2. The molecule has 4 amide bonds. The molecule has 330 valence electrons. The van der Waals surface area contributed by atoms with Gasteiger partial charge in [0, 0.05) is 36.3 Å².